The number of methoxy groups -OCH3 is 1. The summed E-state index contributed by atoms with van der Waals surface area (Å²) in [5.74, 6) is 2.31. The van der Waals surface area contributed by atoms with Gasteiger partial charge in [0.25, 0.3) is 0 Å². The molecule has 0 amide bonds. The van der Waals surface area contributed by atoms with E-state index < -0.39 is 0 Å². The Kier molecular flexibility index (Phi) is 4.89. The van der Waals surface area contributed by atoms with Crippen LogP contribution < -0.4 is 15.2 Å². The molecule has 0 unspecified atom stereocenters. The summed E-state index contributed by atoms with van der Waals surface area (Å²) in [4.78, 5) is 0. The molecule has 0 bridgehead atoms. The highest BCUT2D eigenvalue weighted by atomic mass is 79.9. The Balaban J connectivity index is 2.11. The molecule has 4 heteroatoms. The Bertz CT molecular complexity index is 405. The van der Waals surface area contributed by atoms with Gasteiger partial charge in [0.05, 0.1) is 18.2 Å². The topological polar surface area (TPSA) is 44.5 Å². The first-order valence-electron chi connectivity index (χ1n) is 6.44. The van der Waals surface area contributed by atoms with Crippen LogP contribution in [0.15, 0.2) is 16.6 Å². The van der Waals surface area contributed by atoms with E-state index in [2.05, 4.69) is 22.0 Å². The average Bonchev–Trinajstić information content (AvgIpc) is 2.29. The van der Waals surface area contributed by atoms with Gasteiger partial charge < -0.3 is 15.2 Å². The zero-order valence-electron chi connectivity index (χ0n) is 10.7. The summed E-state index contributed by atoms with van der Waals surface area (Å²) in [6.45, 7) is 1.42. The van der Waals surface area contributed by atoms with Crippen LogP contribution in [-0.2, 0) is 6.42 Å². The minimum atomic E-state index is 0.637. The first-order valence-corrected chi connectivity index (χ1v) is 7.23. The Morgan fingerprint density at radius 1 is 1.39 bits per heavy atom. The van der Waals surface area contributed by atoms with Gasteiger partial charge in [-0.2, -0.15) is 0 Å². The van der Waals surface area contributed by atoms with Crippen LogP contribution in [0.5, 0.6) is 11.5 Å². The van der Waals surface area contributed by atoms with Crippen molar-refractivity contribution in [2.45, 2.75) is 25.7 Å². The molecule has 1 saturated carbocycles. The van der Waals surface area contributed by atoms with Gasteiger partial charge in [0, 0.05) is 0 Å². The first-order chi connectivity index (χ1) is 8.74. The monoisotopic (exact) mass is 313 g/mol. The van der Waals surface area contributed by atoms with Crippen molar-refractivity contribution in [1.82, 2.24) is 0 Å². The molecule has 3 nitrogen and oxygen atoms in total. The quantitative estimate of drug-likeness (QED) is 0.877. The molecule has 2 rings (SSSR count). The molecule has 0 radical (unpaired) electrons. The smallest absolute Gasteiger partial charge is 0.175 e. The molecular formula is C14H20BrNO2. The van der Waals surface area contributed by atoms with Crippen LogP contribution in [0.1, 0.15) is 24.8 Å². The predicted octanol–water partition coefficient (Wildman–Crippen LogP) is 3.14. The second-order valence-electron chi connectivity index (χ2n) is 4.76. The third-order valence-corrected chi connectivity index (χ3v) is 4.00. The molecule has 0 aromatic heterocycles. The van der Waals surface area contributed by atoms with E-state index in [1.807, 2.05) is 6.07 Å². The predicted molar refractivity (Wildman–Crippen MR) is 76.3 cm³/mol. The molecule has 1 aromatic carbocycles. The van der Waals surface area contributed by atoms with Crippen molar-refractivity contribution in [2.75, 3.05) is 20.3 Å². The summed E-state index contributed by atoms with van der Waals surface area (Å²) in [5, 5.41) is 0. The molecule has 100 valence electrons. The van der Waals surface area contributed by atoms with Gasteiger partial charge in [0.15, 0.2) is 11.5 Å². The molecule has 1 aliphatic rings. The van der Waals surface area contributed by atoms with Crippen LogP contribution in [0.3, 0.4) is 0 Å². The first kappa shape index (κ1) is 13.7. The summed E-state index contributed by atoms with van der Waals surface area (Å²) in [5.41, 5.74) is 6.74. The summed E-state index contributed by atoms with van der Waals surface area (Å²) < 4.78 is 12.2. The number of halogens is 1. The molecule has 0 aliphatic heterocycles. The van der Waals surface area contributed by atoms with Gasteiger partial charge in [-0.15, -0.1) is 0 Å². The molecule has 0 spiro atoms. The van der Waals surface area contributed by atoms with Gasteiger partial charge in [-0.3, -0.25) is 0 Å². The van der Waals surface area contributed by atoms with E-state index in [4.69, 9.17) is 15.2 Å². The van der Waals surface area contributed by atoms with Crippen molar-refractivity contribution in [3.05, 3.63) is 22.2 Å². The molecule has 18 heavy (non-hydrogen) atoms. The third-order valence-electron chi connectivity index (χ3n) is 3.41. The Labute approximate surface area is 117 Å². The van der Waals surface area contributed by atoms with Gasteiger partial charge in [0.1, 0.15) is 0 Å². The van der Waals surface area contributed by atoms with Gasteiger partial charge in [-0.25, -0.2) is 0 Å². The van der Waals surface area contributed by atoms with Crippen molar-refractivity contribution in [2.24, 2.45) is 11.7 Å². The lowest BCUT2D eigenvalue weighted by Crippen LogP contribution is -2.19. The van der Waals surface area contributed by atoms with Crippen LogP contribution in [0.4, 0.5) is 0 Å². The Morgan fingerprint density at radius 2 is 2.17 bits per heavy atom. The van der Waals surface area contributed by atoms with Crippen LogP contribution in [0.25, 0.3) is 0 Å². The highest BCUT2D eigenvalue weighted by molar-refractivity contribution is 9.10. The number of nitrogens with two attached hydrogens (primary N) is 1. The second kappa shape index (κ2) is 6.43. The van der Waals surface area contributed by atoms with Crippen LogP contribution in [0, 0.1) is 5.92 Å². The molecule has 0 saturated heterocycles. The van der Waals surface area contributed by atoms with E-state index in [0.717, 1.165) is 34.6 Å². The Hall–Kier alpha value is -0.740. The maximum Gasteiger partial charge on any atom is 0.175 e. The van der Waals surface area contributed by atoms with Crippen molar-refractivity contribution in [3.8, 4) is 11.5 Å². The van der Waals surface area contributed by atoms with Crippen LogP contribution in [0.2, 0.25) is 0 Å². The lowest BCUT2D eigenvalue weighted by atomic mass is 9.86. The van der Waals surface area contributed by atoms with E-state index >= 15 is 0 Å². The standard InChI is InChI=1S/C14H20BrNO2/c1-17-13-8-11(5-6-16)7-12(15)14(13)18-9-10-3-2-4-10/h7-8,10H,2-6,9,16H2,1H3. The minimum Gasteiger partial charge on any atom is -0.493 e. The fraction of sp³-hybridized carbons (Fsp3) is 0.571. The largest absolute Gasteiger partial charge is 0.493 e. The van der Waals surface area contributed by atoms with E-state index in [9.17, 15) is 0 Å². The molecule has 0 atom stereocenters. The van der Waals surface area contributed by atoms with Crippen LogP contribution in [-0.4, -0.2) is 20.3 Å². The van der Waals surface area contributed by atoms with Crippen molar-refractivity contribution < 1.29 is 9.47 Å². The highest BCUT2D eigenvalue weighted by Crippen LogP contribution is 2.38. The molecule has 2 N–H and O–H groups in total. The number of ether oxygens (including phenoxy) is 2. The van der Waals surface area contributed by atoms with Crippen molar-refractivity contribution in [1.29, 1.82) is 0 Å². The van der Waals surface area contributed by atoms with Gasteiger partial charge in [-0.1, -0.05) is 6.42 Å². The fourth-order valence-electron chi connectivity index (χ4n) is 2.08. The lowest BCUT2D eigenvalue weighted by molar-refractivity contribution is 0.175. The van der Waals surface area contributed by atoms with Crippen molar-refractivity contribution >= 4 is 15.9 Å². The van der Waals surface area contributed by atoms with E-state index in [0.29, 0.717) is 12.5 Å². The Morgan fingerprint density at radius 3 is 2.72 bits per heavy atom. The number of rotatable bonds is 6. The van der Waals surface area contributed by atoms with E-state index in [1.165, 1.54) is 19.3 Å². The number of benzene rings is 1. The summed E-state index contributed by atoms with van der Waals surface area (Å²) in [6.07, 6.45) is 4.75. The molecule has 1 aromatic rings. The highest BCUT2D eigenvalue weighted by Gasteiger charge is 2.20. The van der Waals surface area contributed by atoms with E-state index in [1.54, 1.807) is 7.11 Å². The molecule has 1 aliphatic carbocycles. The average molecular weight is 314 g/mol. The van der Waals surface area contributed by atoms with Gasteiger partial charge in [0.2, 0.25) is 0 Å². The maximum atomic E-state index is 5.89. The second-order valence-corrected chi connectivity index (χ2v) is 5.61. The summed E-state index contributed by atoms with van der Waals surface area (Å²) in [6, 6.07) is 4.07. The van der Waals surface area contributed by atoms with Gasteiger partial charge >= 0.3 is 0 Å². The van der Waals surface area contributed by atoms with Gasteiger partial charge in [-0.05, 0) is 65.4 Å². The third kappa shape index (κ3) is 3.18. The SMILES string of the molecule is COc1cc(CCN)cc(Br)c1OCC1CCC1. The normalized spacial score (nSPS) is 15.3. The van der Waals surface area contributed by atoms with Crippen molar-refractivity contribution in [3.63, 3.8) is 0 Å². The summed E-state index contributed by atoms with van der Waals surface area (Å²) >= 11 is 3.55. The zero-order valence-corrected chi connectivity index (χ0v) is 12.3. The molecule has 0 heterocycles. The number of hydrogen-bond donors (Lipinski definition) is 1. The fourth-order valence-corrected chi connectivity index (χ4v) is 2.69. The number of hydrogen-bond acceptors (Lipinski definition) is 3. The lowest BCUT2D eigenvalue weighted by Gasteiger charge is -2.26. The molecule has 1 fully saturated rings. The van der Waals surface area contributed by atoms with Crippen LogP contribution >= 0.6 is 15.9 Å². The minimum absolute atomic E-state index is 0.637. The summed E-state index contributed by atoms with van der Waals surface area (Å²) in [7, 11) is 1.67. The van der Waals surface area contributed by atoms with E-state index in [-0.39, 0.29) is 0 Å². The molecular weight excluding hydrogens is 294 g/mol. The zero-order chi connectivity index (χ0) is 13.0. The maximum absolute atomic E-state index is 5.89.